The molecule has 0 atom stereocenters. The van der Waals surface area contributed by atoms with Crippen molar-refractivity contribution < 1.29 is 5.11 Å². The van der Waals surface area contributed by atoms with Crippen LogP contribution >= 0.6 is 0 Å². The van der Waals surface area contributed by atoms with Gasteiger partial charge in [0, 0.05) is 34.1 Å². The smallest absolute Gasteiger partial charge is 0.220 e. The number of benzene rings is 7. The second-order valence-corrected chi connectivity index (χ2v) is 15.3. The van der Waals surface area contributed by atoms with Crippen LogP contribution in [-0.2, 0) is 5.41 Å². The highest BCUT2D eigenvalue weighted by Gasteiger charge is 2.23. The molecule has 56 heavy (non-hydrogen) atoms. The Morgan fingerprint density at radius 2 is 1.16 bits per heavy atom. The standard InChI is InChI=1S/C50H39N5O/c1-50(2,3)36-28-29-42(40(31-36)33-16-6-4-7-17-33)53-32-41(39-22-10-13-27-46(39)56)51-48(53)35-19-14-18-34(30-35)38-23-15-26-45-47(38)52-49-54(37-20-8-5-9-21-37)43-24-11-12-25-44(43)55(45)49/h4-32,56H,1-3H3. The van der Waals surface area contributed by atoms with Crippen LogP contribution in [0.3, 0.4) is 0 Å². The van der Waals surface area contributed by atoms with Crippen molar-refractivity contribution in [3.63, 3.8) is 0 Å². The number of rotatable bonds is 6. The Bertz CT molecular complexity index is 3070. The molecular weight excluding hydrogens is 687 g/mol. The minimum Gasteiger partial charge on any atom is -0.507 e. The second kappa shape index (κ2) is 13.0. The average Bonchev–Trinajstić information content (AvgIpc) is 3.93. The summed E-state index contributed by atoms with van der Waals surface area (Å²) in [6.45, 7) is 6.73. The van der Waals surface area contributed by atoms with Gasteiger partial charge in [-0.1, -0.05) is 130 Å². The molecule has 0 saturated heterocycles. The van der Waals surface area contributed by atoms with Crippen molar-refractivity contribution in [3.05, 3.63) is 182 Å². The monoisotopic (exact) mass is 725 g/mol. The molecule has 6 heteroatoms. The lowest BCUT2D eigenvalue weighted by Gasteiger charge is -2.22. The van der Waals surface area contributed by atoms with E-state index in [4.69, 9.17) is 9.97 Å². The summed E-state index contributed by atoms with van der Waals surface area (Å²) in [7, 11) is 0. The number of aromatic hydroxyl groups is 1. The number of nitrogens with zero attached hydrogens (tertiary/aromatic N) is 5. The maximum atomic E-state index is 11.0. The number of hydrogen-bond donors (Lipinski definition) is 1. The summed E-state index contributed by atoms with van der Waals surface area (Å²) < 4.78 is 6.68. The highest BCUT2D eigenvalue weighted by atomic mass is 16.3. The third kappa shape index (κ3) is 5.49. The summed E-state index contributed by atoms with van der Waals surface area (Å²) in [6.07, 6.45) is 2.05. The van der Waals surface area contributed by atoms with Crippen LogP contribution in [0, 0.1) is 0 Å². The molecule has 3 aromatic heterocycles. The Hall–Kier alpha value is -7.18. The summed E-state index contributed by atoms with van der Waals surface area (Å²) in [6, 6.07) is 58.6. The van der Waals surface area contributed by atoms with Gasteiger partial charge in [0.2, 0.25) is 5.78 Å². The van der Waals surface area contributed by atoms with Gasteiger partial charge in [-0.15, -0.1) is 0 Å². The van der Waals surface area contributed by atoms with Crippen molar-refractivity contribution in [1.82, 2.24) is 23.5 Å². The summed E-state index contributed by atoms with van der Waals surface area (Å²) in [4.78, 5) is 10.7. The predicted octanol–water partition coefficient (Wildman–Crippen LogP) is 12.3. The van der Waals surface area contributed by atoms with Crippen LogP contribution in [0.15, 0.2) is 176 Å². The Balaban J connectivity index is 1.19. The van der Waals surface area contributed by atoms with Gasteiger partial charge in [-0.25, -0.2) is 9.97 Å². The van der Waals surface area contributed by atoms with Gasteiger partial charge >= 0.3 is 0 Å². The molecule has 270 valence electrons. The third-order valence-electron chi connectivity index (χ3n) is 10.8. The summed E-state index contributed by atoms with van der Waals surface area (Å²) in [5, 5.41) is 11.0. The zero-order valence-electron chi connectivity index (χ0n) is 31.4. The number of para-hydroxylation sites is 5. The first kappa shape index (κ1) is 33.4. The zero-order valence-corrected chi connectivity index (χ0v) is 31.4. The highest BCUT2D eigenvalue weighted by molar-refractivity contribution is 5.99. The Morgan fingerprint density at radius 3 is 1.95 bits per heavy atom. The van der Waals surface area contributed by atoms with E-state index in [-0.39, 0.29) is 11.2 Å². The van der Waals surface area contributed by atoms with Gasteiger partial charge < -0.3 is 5.11 Å². The summed E-state index contributed by atoms with van der Waals surface area (Å²) in [5.74, 6) is 1.83. The van der Waals surface area contributed by atoms with Crippen LogP contribution in [0.25, 0.3) is 84.1 Å². The van der Waals surface area contributed by atoms with Gasteiger partial charge in [-0.2, -0.15) is 0 Å². The van der Waals surface area contributed by atoms with Crippen LogP contribution in [0.4, 0.5) is 0 Å². The van der Waals surface area contributed by atoms with Crippen molar-refractivity contribution in [2.24, 2.45) is 0 Å². The molecule has 0 aliphatic carbocycles. The van der Waals surface area contributed by atoms with E-state index in [0.717, 1.165) is 72.9 Å². The fourth-order valence-corrected chi connectivity index (χ4v) is 7.96. The Labute approximate surface area is 325 Å². The van der Waals surface area contributed by atoms with E-state index >= 15 is 0 Å². The number of imidazole rings is 3. The van der Waals surface area contributed by atoms with Crippen LogP contribution in [0.1, 0.15) is 26.3 Å². The van der Waals surface area contributed by atoms with Crippen LogP contribution in [0.5, 0.6) is 5.75 Å². The number of fused-ring (bicyclic) bond motifs is 5. The minimum atomic E-state index is -0.0380. The van der Waals surface area contributed by atoms with E-state index in [2.05, 4.69) is 174 Å². The average molecular weight is 726 g/mol. The molecule has 6 nitrogen and oxygen atoms in total. The van der Waals surface area contributed by atoms with E-state index in [0.29, 0.717) is 11.3 Å². The predicted molar refractivity (Wildman–Crippen MR) is 229 cm³/mol. The second-order valence-electron chi connectivity index (χ2n) is 15.3. The van der Waals surface area contributed by atoms with E-state index in [9.17, 15) is 5.11 Å². The van der Waals surface area contributed by atoms with E-state index in [1.165, 1.54) is 5.56 Å². The highest BCUT2D eigenvalue weighted by Crippen LogP contribution is 2.40. The molecule has 0 saturated carbocycles. The lowest BCUT2D eigenvalue weighted by atomic mass is 9.85. The Morgan fingerprint density at radius 1 is 0.518 bits per heavy atom. The molecule has 0 bridgehead atoms. The minimum absolute atomic E-state index is 0.0380. The SMILES string of the molecule is CC(C)(C)c1ccc(-n2cc(-c3ccccc3O)nc2-c2cccc(-c3cccc4c3nc3n(-c5ccccc5)c5ccccc5n43)c2)c(-c2ccccc2)c1. The molecule has 0 aliphatic heterocycles. The van der Waals surface area contributed by atoms with Crippen molar-refractivity contribution >= 4 is 27.8 Å². The van der Waals surface area contributed by atoms with Crippen LogP contribution < -0.4 is 0 Å². The first-order chi connectivity index (χ1) is 27.3. The summed E-state index contributed by atoms with van der Waals surface area (Å²) >= 11 is 0. The number of phenolic OH excluding ortho intramolecular Hbond substituents is 1. The van der Waals surface area contributed by atoms with Crippen molar-refractivity contribution in [3.8, 4) is 62.0 Å². The fourth-order valence-electron chi connectivity index (χ4n) is 7.96. The van der Waals surface area contributed by atoms with E-state index < -0.39 is 0 Å². The molecule has 7 aromatic carbocycles. The fraction of sp³-hybridized carbons (Fsp3) is 0.0800. The molecule has 10 rings (SSSR count). The number of aromatic nitrogens is 5. The molecule has 0 unspecified atom stereocenters. The first-order valence-electron chi connectivity index (χ1n) is 19.0. The molecule has 0 fully saturated rings. The van der Waals surface area contributed by atoms with Gasteiger partial charge in [0.1, 0.15) is 11.6 Å². The van der Waals surface area contributed by atoms with Gasteiger partial charge in [0.05, 0.1) is 33.4 Å². The first-order valence-corrected chi connectivity index (χ1v) is 19.0. The maximum absolute atomic E-state index is 11.0. The van der Waals surface area contributed by atoms with Gasteiger partial charge in [0.25, 0.3) is 0 Å². The van der Waals surface area contributed by atoms with Gasteiger partial charge in [-0.05, 0) is 82.8 Å². The lowest BCUT2D eigenvalue weighted by Crippen LogP contribution is -2.12. The van der Waals surface area contributed by atoms with Crippen molar-refractivity contribution in [2.75, 3.05) is 0 Å². The normalized spacial score (nSPS) is 11.9. The van der Waals surface area contributed by atoms with Crippen molar-refractivity contribution in [2.45, 2.75) is 26.2 Å². The molecule has 0 radical (unpaired) electrons. The lowest BCUT2D eigenvalue weighted by molar-refractivity contribution is 0.477. The molecule has 0 spiro atoms. The van der Waals surface area contributed by atoms with E-state index in [1.807, 2.05) is 30.5 Å². The third-order valence-corrected chi connectivity index (χ3v) is 10.8. The number of hydrogen-bond acceptors (Lipinski definition) is 3. The molecule has 0 aliphatic rings. The quantitative estimate of drug-likeness (QED) is 0.186. The number of phenols is 1. The molecule has 3 heterocycles. The molecular formula is C50H39N5O. The molecule has 1 N–H and O–H groups in total. The largest absolute Gasteiger partial charge is 0.507 e. The van der Waals surface area contributed by atoms with Crippen LogP contribution in [0.2, 0.25) is 0 Å². The summed E-state index contributed by atoms with van der Waals surface area (Å²) in [5.41, 5.74) is 14.1. The van der Waals surface area contributed by atoms with Crippen molar-refractivity contribution in [1.29, 1.82) is 0 Å². The van der Waals surface area contributed by atoms with Gasteiger partial charge in [-0.3, -0.25) is 13.5 Å². The topological polar surface area (TPSA) is 60.3 Å². The van der Waals surface area contributed by atoms with Gasteiger partial charge in [0.15, 0.2) is 0 Å². The maximum Gasteiger partial charge on any atom is 0.220 e. The zero-order chi connectivity index (χ0) is 38.0. The molecule has 10 aromatic rings. The Kier molecular flexibility index (Phi) is 7.75. The van der Waals surface area contributed by atoms with Crippen LogP contribution in [-0.4, -0.2) is 28.6 Å². The molecule has 0 amide bonds. The van der Waals surface area contributed by atoms with E-state index in [1.54, 1.807) is 6.07 Å².